The average molecular weight is 334 g/mol. The maximum atomic E-state index is 12.5. The fourth-order valence-electron chi connectivity index (χ4n) is 3.12. The van der Waals surface area contributed by atoms with Crippen molar-refractivity contribution in [2.75, 3.05) is 13.1 Å². The molecule has 0 aromatic carbocycles. The maximum Gasteiger partial charge on any atom is 0.243 e. The summed E-state index contributed by atoms with van der Waals surface area (Å²) in [7, 11) is 0. The number of hydrogen-bond donors (Lipinski definition) is 2. The molecule has 1 heterocycles. The number of carbonyl (C=O) groups is 3. The van der Waals surface area contributed by atoms with Crippen LogP contribution in [-0.4, -0.2) is 47.8 Å². The SMILES string of the molecule is CC(C)N(C(=O)CNC(=O)C1CC1)[C@H](C#N)C[C@@H]1CCCNC1=O. The third-order valence-corrected chi connectivity index (χ3v) is 4.60. The van der Waals surface area contributed by atoms with Gasteiger partial charge in [0.1, 0.15) is 6.04 Å². The van der Waals surface area contributed by atoms with Gasteiger partial charge in [-0.05, 0) is 46.0 Å². The van der Waals surface area contributed by atoms with Gasteiger partial charge in [-0.3, -0.25) is 14.4 Å². The zero-order valence-electron chi connectivity index (χ0n) is 14.4. The van der Waals surface area contributed by atoms with Crippen LogP contribution in [0.15, 0.2) is 0 Å². The molecule has 0 unspecified atom stereocenters. The molecule has 2 fully saturated rings. The van der Waals surface area contributed by atoms with Gasteiger partial charge in [-0.2, -0.15) is 5.26 Å². The summed E-state index contributed by atoms with van der Waals surface area (Å²) in [6.07, 6.45) is 3.73. The second-order valence-corrected chi connectivity index (χ2v) is 6.90. The van der Waals surface area contributed by atoms with E-state index in [1.165, 1.54) is 4.90 Å². The number of carbonyl (C=O) groups excluding carboxylic acids is 3. The summed E-state index contributed by atoms with van der Waals surface area (Å²) < 4.78 is 0. The van der Waals surface area contributed by atoms with Gasteiger partial charge in [0.25, 0.3) is 0 Å². The monoisotopic (exact) mass is 334 g/mol. The van der Waals surface area contributed by atoms with Crippen molar-refractivity contribution in [1.29, 1.82) is 5.26 Å². The molecule has 0 radical (unpaired) electrons. The predicted octanol–water partition coefficient (Wildman–Crippen LogP) is 0.558. The topological polar surface area (TPSA) is 102 Å². The Balaban J connectivity index is 1.97. The zero-order valence-corrected chi connectivity index (χ0v) is 14.4. The van der Waals surface area contributed by atoms with E-state index in [4.69, 9.17) is 0 Å². The van der Waals surface area contributed by atoms with Crippen molar-refractivity contribution in [2.45, 2.75) is 58.0 Å². The first kappa shape index (κ1) is 18.2. The Morgan fingerprint density at radius 1 is 1.38 bits per heavy atom. The second-order valence-electron chi connectivity index (χ2n) is 6.90. The number of nitrogens with zero attached hydrogens (tertiary/aromatic N) is 2. The Bertz CT molecular complexity index is 536. The Hall–Kier alpha value is -2.10. The Morgan fingerprint density at radius 2 is 2.08 bits per heavy atom. The molecule has 2 rings (SSSR count). The zero-order chi connectivity index (χ0) is 17.7. The molecule has 1 saturated heterocycles. The van der Waals surface area contributed by atoms with Crippen LogP contribution in [0, 0.1) is 23.2 Å². The largest absolute Gasteiger partial charge is 0.356 e. The number of nitrogens with one attached hydrogen (secondary N) is 2. The van der Waals surface area contributed by atoms with E-state index < -0.39 is 6.04 Å². The molecular weight excluding hydrogens is 308 g/mol. The normalized spacial score (nSPS) is 21.6. The third-order valence-electron chi connectivity index (χ3n) is 4.60. The molecule has 7 nitrogen and oxygen atoms in total. The summed E-state index contributed by atoms with van der Waals surface area (Å²) in [6, 6.07) is 1.33. The molecule has 0 spiro atoms. The van der Waals surface area contributed by atoms with Gasteiger partial charge in [0.15, 0.2) is 0 Å². The highest BCUT2D eigenvalue weighted by molar-refractivity contribution is 5.87. The van der Waals surface area contributed by atoms with Gasteiger partial charge in [-0.25, -0.2) is 0 Å². The van der Waals surface area contributed by atoms with E-state index in [2.05, 4.69) is 16.7 Å². The molecule has 1 aliphatic carbocycles. The van der Waals surface area contributed by atoms with Crippen molar-refractivity contribution >= 4 is 17.7 Å². The van der Waals surface area contributed by atoms with Crippen molar-refractivity contribution < 1.29 is 14.4 Å². The molecule has 0 aromatic heterocycles. The number of amides is 3. The number of hydrogen-bond acceptors (Lipinski definition) is 4. The van der Waals surface area contributed by atoms with Crippen LogP contribution in [0.5, 0.6) is 0 Å². The van der Waals surface area contributed by atoms with Crippen LogP contribution in [0.4, 0.5) is 0 Å². The van der Waals surface area contributed by atoms with Crippen molar-refractivity contribution in [3.63, 3.8) is 0 Å². The van der Waals surface area contributed by atoms with Gasteiger partial charge in [0, 0.05) is 24.4 Å². The lowest BCUT2D eigenvalue weighted by molar-refractivity contribution is -0.137. The summed E-state index contributed by atoms with van der Waals surface area (Å²) in [5.41, 5.74) is 0. The van der Waals surface area contributed by atoms with E-state index in [0.717, 1.165) is 25.7 Å². The highest BCUT2D eigenvalue weighted by Crippen LogP contribution is 2.28. The average Bonchev–Trinajstić information content (AvgIpc) is 3.38. The first-order valence-electron chi connectivity index (χ1n) is 8.70. The quantitative estimate of drug-likeness (QED) is 0.710. The molecule has 7 heteroatoms. The second kappa shape index (κ2) is 8.13. The summed E-state index contributed by atoms with van der Waals surface area (Å²) >= 11 is 0. The Labute approximate surface area is 142 Å². The first-order valence-corrected chi connectivity index (χ1v) is 8.70. The fourth-order valence-corrected chi connectivity index (χ4v) is 3.12. The van der Waals surface area contributed by atoms with Crippen molar-refractivity contribution in [3.05, 3.63) is 0 Å². The standard InChI is InChI=1S/C17H26N4O3/c1-11(2)21(15(22)10-20-16(23)12-5-6-12)14(9-18)8-13-4-3-7-19-17(13)24/h11-14H,3-8,10H2,1-2H3,(H,19,24)(H,20,23)/t13-,14-/m0/s1. The van der Waals surface area contributed by atoms with Gasteiger partial charge < -0.3 is 15.5 Å². The van der Waals surface area contributed by atoms with Crippen LogP contribution < -0.4 is 10.6 Å². The van der Waals surface area contributed by atoms with Gasteiger partial charge >= 0.3 is 0 Å². The summed E-state index contributed by atoms with van der Waals surface area (Å²) in [4.78, 5) is 37.6. The number of piperidine rings is 1. The van der Waals surface area contributed by atoms with Gasteiger partial charge in [0.05, 0.1) is 12.6 Å². The molecule has 1 aliphatic heterocycles. The Morgan fingerprint density at radius 3 is 2.62 bits per heavy atom. The van der Waals surface area contributed by atoms with E-state index in [9.17, 15) is 19.6 Å². The molecule has 2 atom stereocenters. The van der Waals surface area contributed by atoms with E-state index in [1.54, 1.807) is 0 Å². The smallest absolute Gasteiger partial charge is 0.243 e. The van der Waals surface area contributed by atoms with Crippen LogP contribution in [0.2, 0.25) is 0 Å². The maximum absolute atomic E-state index is 12.5. The summed E-state index contributed by atoms with van der Waals surface area (Å²) in [6.45, 7) is 4.26. The predicted molar refractivity (Wildman–Crippen MR) is 87.5 cm³/mol. The first-order chi connectivity index (χ1) is 11.4. The van der Waals surface area contributed by atoms with E-state index in [1.807, 2.05) is 13.8 Å². The molecule has 24 heavy (non-hydrogen) atoms. The van der Waals surface area contributed by atoms with Crippen LogP contribution in [0.25, 0.3) is 0 Å². The van der Waals surface area contributed by atoms with Crippen LogP contribution in [-0.2, 0) is 14.4 Å². The van der Waals surface area contributed by atoms with Crippen molar-refractivity contribution in [2.24, 2.45) is 11.8 Å². The highest BCUT2D eigenvalue weighted by Gasteiger charge is 2.33. The minimum Gasteiger partial charge on any atom is -0.356 e. The van der Waals surface area contributed by atoms with Crippen molar-refractivity contribution in [1.82, 2.24) is 15.5 Å². The number of rotatable bonds is 7. The molecule has 0 aromatic rings. The number of nitriles is 1. The summed E-state index contributed by atoms with van der Waals surface area (Å²) in [5.74, 6) is -0.602. The van der Waals surface area contributed by atoms with Gasteiger partial charge in [0.2, 0.25) is 17.7 Å². The van der Waals surface area contributed by atoms with Crippen molar-refractivity contribution in [3.8, 4) is 6.07 Å². The molecule has 1 saturated carbocycles. The molecule has 132 valence electrons. The van der Waals surface area contributed by atoms with E-state index in [-0.39, 0.29) is 42.1 Å². The minimum atomic E-state index is -0.663. The van der Waals surface area contributed by atoms with Crippen LogP contribution >= 0.6 is 0 Å². The molecule has 3 amide bonds. The van der Waals surface area contributed by atoms with Gasteiger partial charge in [-0.15, -0.1) is 0 Å². The van der Waals surface area contributed by atoms with E-state index >= 15 is 0 Å². The fraction of sp³-hybridized carbons (Fsp3) is 0.765. The Kier molecular flexibility index (Phi) is 6.18. The molecule has 2 N–H and O–H groups in total. The highest BCUT2D eigenvalue weighted by atomic mass is 16.2. The minimum absolute atomic E-state index is 0.0420. The lowest BCUT2D eigenvalue weighted by Crippen LogP contribution is -2.50. The molecule has 2 aliphatic rings. The van der Waals surface area contributed by atoms with Crippen LogP contribution in [0.1, 0.15) is 46.0 Å². The van der Waals surface area contributed by atoms with Crippen LogP contribution in [0.3, 0.4) is 0 Å². The van der Waals surface area contributed by atoms with E-state index in [0.29, 0.717) is 13.0 Å². The molecular formula is C17H26N4O3. The third kappa shape index (κ3) is 4.70. The molecule has 0 bridgehead atoms. The van der Waals surface area contributed by atoms with Gasteiger partial charge in [-0.1, -0.05) is 0 Å². The lowest BCUT2D eigenvalue weighted by Gasteiger charge is -2.33. The lowest BCUT2D eigenvalue weighted by atomic mass is 9.91. The summed E-state index contributed by atoms with van der Waals surface area (Å²) in [5, 5.41) is 15.0.